The number of nitrogen functional groups attached to an aromatic ring is 1. The first-order valence-corrected chi connectivity index (χ1v) is 5.36. The van der Waals surface area contributed by atoms with Crippen molar-refractivity contribution in [1.29, 1.82) is 0 Å². The molecule has 3 N–H and O–H groups in total. The van der Waals surface area contributed by atoms with Crippen molar-refractivity contribution in [3.8, 4) is 0 Å². The SMILES string of the molecule is COCCN(C)Cc1cc(C(=O)NN)c(C)o1. The summed E-state index contributed by atoms with van der Waals surface area (Å²) < 4.78 is 10.5. The van der Waals surface area contributed by atoms with E-state index in [9.17, 15) is 4.79 Å². The molecule has 0 spiro atoms. The second kappa shape index (κ2) is 6.39. The number of furan rings is 1. The predicted octanol–water partition coefficient (Wildman–Crippen LogP) is 0.270. The van der Waals surface area contributed by atoms with Gasteiger partial charge in [0, 0.05) is 13.7 Å². The topological polar surface area (TPSA) is 80.7 Å². The number of rotatable bonds is 6. The highest BCUT2D eigenvalue weighted by atomic mass is 16.5. The lowest BCUT2D eigenvalue weighted by atomic mass is 10.2. The third-order valence-corrected chi connectivity index (χ3v) is 2.45. The van der Waals surface area contributed by atoms with Gasteiger partial charge in [-0.15, -0.1) is 0 Å². The number of carbonyl (C=O) groups is 1. The van der Waals surface area contributed by atoms with Gasteiger partial charge in [-0.3, -0.25) is 15.1 Å². The standard InChI is InChI=1S/C11H19N3O3/c1-8-10(11(15)13-12)6-9(17-8)7-14(2)4-5-16-3/h6H,4-5,7,12H2,1-3H3,(H,13,15). The van der Waals surface area contributed by atoms with E-state index in [1.165, 1.54) is 0 Å². The Kier molecular flexibility index (Phi) is 5.14. The zero-order chi connectivity index (χ0) is 12.8. The lowest BCUT2D eigenvalue weighted by molar-refractivity contribution is 0.0952. The van der Waals surface area contributed by atoms with Crippen LogP contribution < -0.4 is 11.3 Å². The zero-order valence-corrected chi connectivity index (χ0v) is 10.4. The number of aryl methyl sites for hydroxylation is 1. The van der Waals surface area contributed by atoms with Gasteiger partial charge in [0.25, 0.3) is 5.91 Å². The molecule has 6 heteroatoms. The van der Waals surface area contributed by atoms with E-state index in [0.717, 1.165) is 12.3 Å². The molecule has 1 rings (SSSR count). The smallest absolute Gasteiger partial charge is 0.268 e. The van der Waals surface area contributed by atoms with E-state index >= 15 is 0 Å². The van der Waals surface area contributed by atoms with Crippen molar-refractivity contribution < 1.29 is 13.9 Å². The number of likely N-dealkylation sites (N-methyl/N-ethyl adjacent to an activating group) is 1. The fraction of sp³-hybridized carbons (Fsp3) is 0.545. The van der Waals surface area contributed by atoms with Gasteiger partial charge >= 0.3 is 0 Å². The maximum absolute atomic E-state index is 11.4. The van der Waals surface area contributed by atoms with E-state index in [1.807, 2.05) is 11.9 Å². The van der Waals surface area contributed by atoms with Gasteiger partial charge in [0.1, 0.15) is 11.5 Å². The van der Waals surface area contributed by atoms with Crippen molar-refractivity contribution in [3.63, 3.8) is 0 Å². The van der Waals surface area contributed by atoms with Crippen LogP contribution >= 0.6 is 0 Å². The van der Waals surface area contributed by atoms with Crippen LogP contribution in [0.3, 0.4) is 0 Å². The molecule has 96 valence electrons. The first kappa shape index (κ1) is 13.7. The molecule has 0 fully saturated rings. The molecule has 0 aliphatic carbocycles. The lowest BCUT2D eigenvalue weighted by Crippen LogP contribution is -2.30. The summed E-state index contributed by atoms with van der Waals surface area (Å²) in [4.78, 5) is 13.4. The van der Waals surface area contributed by atoms with E-state index in [-0.39, 0.29) is 5.91 Å². The molecule has 0 atom stereocenters. The number of hydrogen-bond acceptors (Lipinski definition) is 5. The van der Waals surface area contributed by atoms with Gasteiger partial charge in [-0.2, -0.15) is 0 Å². The number of hydrazine groups is 1. The number of methoxy groups -OCH3 is 1. The molecule has 0 saturated heterocycles. The van der Waals surface area contributed by atoms with Crippen molar-refractivity contribution in [1.82, 2.24) is 10.3 Å². The Labute approximate surface area is 101 Å². The summed E-state index contributed by atoms with van der Waals surface area (Å²) in [6.45, 7) is 3.83. The molecule has 0 aliphatic heterocycles. The Morgan fingerprint density at radius 2 is 2.35 bits per heavy atom. The van der Waals surface area contributed by atoms with Gasteiger partial charge in [-0.25, -0.2) is 5.84 Å². The summed E-state index contributed by atoms with van der Waals surface area (Å²) in [5, 5.41) is 0. The van der Waals surface area contributed by atoms with Crippen LogP contribution in [0, 0.1) is 6.92 Å². The van der Waals surface area contributed by atoms with Gasteiger partial charge in [-0.1, -0.05) is 0 Å². The average Bonchev–Trinajstić information content (AvgIpc) is 2.66. The zero-order valence-electron chi connectivity index (χ0n) is 10.4. The molecule has 1 aromatic heterocycles. The van der Waals surface area contributed by atoms with E-state index in [0.29, 0.717) is 24.5 Å². The highest BCUT2D eigenvalue weighted by molar-refractivity contribution is 5.94. The number of carbonyl (C=O) groups excluding carboxylic acids is 1. The summed E-state index contributed by atoms with van der Waals surface area (Å²) in [7, 11) is 3.62. The molecule has 1 aromatic rings. The molecule has 0 radical (unpaired) electrons. The van der Waals surface area contributed by atoms with Gasteiger partial charge in [0.2, 0.25) is 0 Å². The quantitative estimate of drug-likeness (QED) is 0.424. The van der Waals surface area contributed by atoms with Crippen LogP contribution in [0.1, 0.15) is 21.9 Å². The second-order valence-electron chi connectivity index (χ2n) is 3.89. The Bertz CT molecular complexity index is 376. The largest absolute Gasteiger partial charge is 0.464 e. The van der Waals surface area contributed by atoms with Crippen LogP contribution in [-0.2, 0) is 11.3 Å². The third-order valence-electron chi connectivity index (χ3n) is 2.45. The van der Waals surface area contributed by atoms with Crippen molar-refractivity contribution in [2.75, 3.05) is 27.3 Å². The van der Waals surface area contributed by atoms with Crippen LogP contribution in [0.5, 0.6) is 0 Å². The fourth-order valence-corrected chi connectivity index (χ4v) is 1.52. The predicted molar refractivity (Wildman–Crippen MR) is 63.3 cm³/mol. The van der Waals surface area contributed by atoms with Crippen molar-refractivity contribution >= 4 is 5.91 Å². The molecule has 0 aromatic carbocycles. The molecule has 17 heavy (non-hydrogen) atoms. The van der Waals surface area contributed by atoms with E-state index in [4.69, 9.17) is 15.0 Å². The van der Waals surface area contributed by atoms with Crippen molar-refractivity contribution in [2.24, 2.45) is 5.84 Å². The lowest BCUT2D eigenvalue weighted by Gasteiger charge is -2.13. The van der Waals surface area contributed by atoms with Gasteiger partial charge in [-0.05, 0) is 20.0 Å². The van der Waals surface area contributed by atoms with Crippen molar-refractivity contribution in [2.45, 2.75) is 13.5 Å². The summed E-state index contributed by atoms with van der Waals surface area (Å²) in [6.07, 6.45) is 0. The molecule has 1 heterocycles. The average molecular weight is 241 g/mol. The minimum absolute atomic E-state index is 0.336. The maximum atomic E-state index is 11.4. The second-order valence-corrected chi connectivity index (χ2v) is 3.89. The number of amides is 1. The molecule has 0 unspecified atom stereocenters. The highest BCUT2D eigenvalue weighted by Gasteiger charge is 2.14. The summed E-state index contributed by atoms with van der Waals surface area (Å²) in [5.41, 5.74) is 2.57. The molecule has 0 saturated carbocycles. The highest BCUT2D eigenvalue weighted by Crippen LogP contribution is 2.15. The molecular weight excluding hydrogens is 222 g/mol. The normalized spacial score (nSPS) is 10.9. The minimum Gasteiger partial charge on any atom is -0.464 e. The number of ether oxygens (including phenoxy) is 1. The van der Waals surface area contributed by atoms with Crippen LogP contribution in [0.25, 0.3) is 0 Å². The summed E-state index contributed by atoms with van der Waals surface area (Å²) in [6, 6.07) is 1.71. The molecule has 6 nitrogen and oxygen atoms in total. The van der Waals surface area contributed by atoms with Crippen LogP contribution in [0.2, 0.25) is 0 Å². The van der Waals surface area contributed by atoms with Crippen molar-refractivity contribution in [3.05, 3.63) is 23.2 Å². The van der Waals surface area contributed by atoms with Gasteiger partial charge < -0.3 is 9.15 Å². The number of hydrogen-bond donors (Lipinski definition) is 2. The summed E-state index contributed by atoms with van der Waals surface area (Å²) >= 11 is 0. The first-order valence-electron chi connectivity index (χ1n) is 5.36. The van der Waals surface area contributed by atoms with Crippen LogP contribution in [0.4, 0.5) is 0 Å². The van der Waals surface area contributed by atoms with E-state index < -0.39 is 0 Å². The Balaban J connectivity index is 2.63. The Morgan fingerprint density at radius 1 is 1.65 bits per heavy atom. The molecule has 0 aliphatic rings. The van der Waals surface area contributed by atoms with Crippen LogP contribution in [-0.4, -0.2) is 38.1 Å². The molecule has 0 bridgehead atoms. The van der Waals surface area contributed by atoms with Gasteiger partial charge in [0.15, 0.2) is 0 Å². The van der Waals surface area contributed by atoms with E-state index in [2.05, 4.69) is 5.43 Å². The number of nitrogens with two attached hydrogens (primary N) is 1. The van der Waals surface area contributed by atoms with Gasteiger partial charge in [0.05, 0.1) is 18.7 Å². The number of nitrogens with zero attached hydrogens (tertiary/aromatic N) is 1. The fourth-order valence-electron chi connectivity index (χ4n) is 1.52. The molecular formula is C11H19N3O3. The Hall–Kier alpha value is -1.37. The van der Waals surface area contributed by atoms with Crippen LogP contribution in [0.15, 0.2) is 10.5 Å². The number of nitrogens with one attached hydrogen (secondary N) is 1. The third kappa shape index (κ3) is 3.85. The summed E-state index contributed by atoms with van der Waals surface area (Å²) in [5.74, 6) is 6.05. The molecule has 1 amide bonds. The minimum atomic E-state index is -0.336. The monoisotopic (exact) mass is 241 g/mol. The first-order chi connectivity index (χ1) is 8.08. The maximum Gasteiger partial charge on any atom is 0.268 e. The van der Waals surface area contributed by atoms with E-state index in [1.54, 1.807) is 20.1 Å². The Morgan fingerprint density at radius 3 is 2.94 bits per heavy atom.